The smallest absolute Gasteiger partial charge is 0.0417 e. The normalized spacial score (nSPS) is 20.5. The maximum atomic E-state index is 3.65. The lowest BCUT2D eigenvalue weighted by molar-refractivity contribution is 0.431. The van der Waals surface area contributed by atoms with E-state index in [0.29, 0.717) is 6.04 Å². The van der Waals surface area contributed by atoms with Crippen LogP contribution in [0, 0.1) is 0 Å². The summed E-state index contributed by atoms with van der Waals surface area (Å²) >= 11 is 0. The Labute approximate surface area is 130 Å². The molecule has 1 saturated heterocycles. The first-order chi connectivity index (χ1) is 10.3. The van der Waals surface area contributed by atoms with Crippen LogP contribution in [-0.2, 0) is 0 Å². The van der Waals surface area contributed by atoms with Crippen LogP contribution < -0.4 is 10.2 Å². The first-order valence-corrected chi connectivity index (χ1v) is 8.90. The van der Waals surface area contributed by atoms with Gasteiger partial charge in [-0.3, -0.25) is 0 Å². The molecule has 0 bridgehead atoms. The van der Waals surface area contributed by atoms with Crippen LogP contribution in [0.3, 0.4) is 0 Å². The summed E-state index contributed by atoms with van der Waals surface area (Å²) in [6, 6.07) is 10.3. The highest BCUT2D eigenvalue weighted by Crippen LogP contribution is 2.33. The van der Waals surface area contributed by atoms with Gasteiger partial charge in [0.15, 0.2) is 0 Å². The molecule has 2 unspecified atom stereocenters. The molecule has 0 amide bonds. The second-order valence-electron chi connectivity index (χ2n) is 6.21. The molecular formula is C19H32N2. The summed E-state index contributed by atoms with van der Waals surface area (Å²) in [6.45, 7) is 9.05. The predicted octanol–water partition coefficient (Wildman–Crippen LogP) is 4.91. The number of benzene rings is 1. The second kappa shape index (κ2) is 8.43. The zero-order chi connectivity index (χ0) is 15.1. The summed E-state index contributed by atoms with van der Waals surface area (Å²) in [4.78, 5) is 2.70. The van der Waals surface area contributed by atoms with Crippen LogP contribution in [0.2, 0.25) is 0 Å². The molecule has 1 aromatic carbocycles. The van der Waals surface area contributed by atoms with Crippen molar-refractivity contribution in [3.63, 3.8) is 0 Å². The van der Waals surface area contributed by atoms with Crippen molar-refractivity contribution in [2.75, 3.05) is 18.0 Å². The molecule has 0 saturated carbocycles. The van der Waals surface area contributed by atoms with Crippen molar-refractivity contribution in [2.24, 2.45) is 0 Å². The number of hydrogen-bond donors (Lipinski definition) is 1. The lowest BCUT2D eigenvalue weighted by Gasteiger charge is -2.39. The maximum absolute atomic E-state index is 3.65. The van der Waals surface area contributed by atoms with E-state index in [1.165, 1.54) is 49.9 Å². The van der Waals surface area contributed by atoms with Gasteiger partial charge in [-0.1, -0.05) is 45.4 Å². The Morgan fingerprint density at radius 1 is 1.19 bits per heavy atom. The number of piperidine rings is 1. The second-order valence-corrected chi connectivity index (χ2v) is 6.21. The molecule has 1 fully saturated rings. The minimum Gasteiger partial charge on any atom is -0.368 e. The van der Waals surface area contributed by atoms with Crippen molar-refractivity contribution in [3.05, 3.63) is 29.8 Å². The first-order valence-electron chi connectivity index (χ1n) is 8.90. The number of hydrogen-bond acceptors (Lipinski definition) is 2. The van der Waals surface area contributed by atoms with Crippen molar-refractivity contribution in [1.82, 2.24) is 5.32 Å². The van der Waals surface area contributed by atoms with Gasteiger partial charge in [0.1, 0.15) is 0 Å². The van der Waals surface area contributed by atoms with Crippen molar-refractivity contribution in [1.29, 1.82) is 0 Å². The van der Waals surface area contributed by atoms with Gasteiger partial charge in [-0.05, 0) is 50.3 Å². The van der Waals surface area contributed by atoms with Gasteiger partial charge >= 0.3 is 0 Å². The quantitative estimate of drug-likeness (QED) is 0.767. The Morgan fingerprint density at radius 3 is 2.71 bits per heavy atom. The van der Waals surface area contributed by atoms with E-state index >= 15 is 0 Å². The van der Waals surface area contributed by atoms with E-state index in [2.05, 4.69) is 55.3 Å². The molecule has 2 atom stereocenters. The number of nitrogens with zero attached hydrogens (tertiary/aromatic N) is 1. The molecule has 2 nitrogen and oxygen atoms in total. The SMILES string of the molecule is CCCC1CCCCN1c1ccccc1C(CC)NCC. The molecule has 21 heavy (non-hydrogen) atoms. The molecule has 0 spiro atoms. The molecule has 1 aromatic rings. The highest BCUT2D eigenvalue weighted by Gasteiger charge is 2.25. The molecule has 1 aliphatic heterocycles. The lowest BCUT2D eigenvalue weighted by atomic mass is 9.94. The van der Waals surface area contributed by atoms with Gasteiger partial charge in [-0.2, -0.15) is 0 Å². The number of para-hydroxylation sites is 1. The third kappa shape index (κ3) is 4.00. The minimum atomic E-state index is 0.482. The van der Waals surface area contributed by atoms with E-state index in [1.54, 1.807) is 0 Å². The number of rotatable bonds is 7. The molecule has 2 rings (SSSR count). The van der Waals surface area contributed by atoms with Crippen LogP contribution >= 0.6 is 0 Å². The highest BCUT2D eigenvalue weighted by molar-refractivity contribution is 5.56. The topological polar surface area (TPSA) is 15.3 Å². The summed E-state index contributed by atoms with van der Waals surface area (Å²) in [5.41, 5.74) is 2.97. The Morgan fingerprint density at radius 2 is 2.00 bits per heavy atom. The molecular weight excluding hydrogens is 256 g/mol. The largest absolute Gasteiger partial charge is 0.368 e. The molecule has 2 heteroatoms. The summed E-state index contributed by atoms with van der Waals surface area (Å²) in [7, 11) is 0. The summed E-state index contributed by atoms with van der Waals surface area (Å²) < 4.78 is 0. The molecule has 1 heterocycles. The molecule has 0 aliphatic carbocycles. The zero-order valence-electron chi connectivity index (χ0n) is 14.1. The standard InChI is InChI=1S/C19H32N2/c1-4-11-16-12-9-10-15-21(16)19-14-8-7-13-17(19)18(5-2)20-6-3/h7-8,13-14,16,18,20H,4-6,9-12,15H2,1-3H3. The van der Waals surface area contributed by atoms with Gasteiger partial charge in [-0.15, -0.1) is 0 Å². The van der Waals surface area contributed by atoms with E-state index in [-0.39, 0.29) is 0 Å². The fourth-order valence-corrected chi connectivity index (χ4v) is 3.72. The summed E-state index contributed by atoms with van der Waals surface area (Å²) in [5.74, 6) is 0. The Hall–Kier alpha value is -1.02. The van der Waals surface area contributed by atoms with Crippen molar-refractivity contribution in [3.8, 4) is 0 Å². The average Bonchev–Trinajstić information content (AvgIpc) is 2.54. The summed E-state index contributed by atoms with van der Waals surface area (Å²) in [6.07, 6.45) is 7.86. The maximum Gasteiger partial charge on any atom is 0.0417 e. The first kappa shape index (κ1) is 16.4. The van der Waals surface area contributed by atoms with Gasteiger partial charge < -0.3 is 10.2 Å². The van der Waals surface area contributed by atoms with Crippen molar-refractivity contribution < 1.29 is 0 Å². The van der Waals surface area contributed by atoms with Crippen molar-refractivity contribution >= 4 is 5.69 Å². The zero-order valence-corrected chi connectivity index (χ0v) is 14.1. The van der Waals surface area contributed by atoms with E-state index in [0.717, 1.165) is 19.0 Å². The number of anilines is 1. The van der Waals surface area contributed by atoms with Crippen LogP contribution in [0.1, 0.15) is 70.9 Å². The fourth-order valence-electron chi connectivity index (χ4n) is 3.72. The highest BCUT2D eigenvalue weighted by atomic mass is 15.2. The van der Waals surface area contributed by atoms with Gasteiger partial charge in [0.05, 0.1) is 0 Å². The van der Waals surface area contributed by atoms with E-state index in [9.17, 15) is 0 Å². The van der Waals surface area contributed by atoms with Crippen LogP contribution in [0.4, 0.5) is 5.69 Å². The Kier molecular flexibility index (Phi) is 6.56. The van der Waals surface area contributed by atoms with E-state index in [4.69, 9.17) is 0 Å². The predicted molar refractivity (Wildman–Crippen MR) is 93.0 cm³/mol. The molecule has 1 aliphatic rings. The molecule has 1 N–H and O–H groups in total. The molecule has 0 aromatic heterocycles. The van der Waals surface area contributed by atoms with Gasteiger partial charge in [-0.25, -0.2) is 0 Å². The Bertz CT molecular complexity index is 414. The van der Waals surface area contributed by atoms with Crippen LogP contribution in [0.15, 0.2) is 24.3 Å². The fraction of sp³-hybridized carbons (Fsp3) is 0.684. The number of nitrogens with one attached hydrogen (secondary N) is 1. The average molecular weight is 288 g/mol. The van der Waals surface area contributed by atoms with Crippen LogP contribution in [0.5, 0.6) is 0 Å². The van der Waals surface area contributed by atoms with Gasteiger partial charge in [0.25, 0.3) is 0 Å². The lowest BCUT2D eigenvalue weighted by Crippen LogP contribution is -2.40. The van der Waals surface area contributed by atoms with Gasteiger partial charge in [0.2, 0.25) is 0 Å². The minimum absolute atomic E-state index is 0.482. The van der Waals surface area contributed by atoms with Gasteiger partial charge in [0, 0.05) is 24.3 Å². The van der Waals surface area contributed by atoms with Crippen molar-refractivity contribution in [2.45, 2.75) is 71.4 Å². The van der Waals surface area contributed by atoms with Crippen LogP contribution in [0.25, 0.3) is 0 Å². The molecule has 0 radical (unpaired) electrons. The summed E-state index contributed by atoms with van der Waals surface area (Å²) in [5, 5.41) is 3.65. The van der Waals surface area contributed by atoms with E-state index < -0.39 is 0 Å². The van der Waals surface area contributed by atoms with E-state index in [1.807, 2.05) is 0 Å². The third-order valence-electron chi connectivity index (χ3n) is 4.73. The van der Waals surface area contributed by atoms with Crippen LogP contribution in [-0.4, -0.2) is 19.1 Å². The monoisotopic (exact) mass is 288 g/mol. The molecule has 118 valence electrons. The Balaban J connectivity index is 2.28. The third-order valence-corrected chi connectivity index (χ3v) is 4.73.